The van der Waals surface area contributed by atoms with Crippen molar-refractivity contribution in [3.63, 3.8) is 0 Å². The van der Waals surface area contributed by atoms with E-state index in [0.29, 0.717) is 27.5 Å². The summed E-state index contributed by atoms with van der Waals surface area (Å²) in [5.74, 6) is 0. The lowest BCUT2D eigenvalue weighted by molar-refractivity contribution is 0.695. The summed E-state index contributed by atoms with van der Waals surface area (Å²) in [6, 6.07) is 7.38. The molecule has 0 unspecified atom stereocenters. The number of hydrogen-bond acceptors (Lipinski definition) is 6. The Morgan fingerprint density at radius 3 is 2.78 bits per heavy atom. The number of anilines is 2. The van der Waals surface area contributed by atoms with Gasteiger partial charge in [-0.3, -0.25) is 9.20 Å². The van der Waals surface area contributed by atoms with Crippen molar-refractivity contribution in [1.82, 2.24) is 14.7 Å². The van der Waals surface area contributed by atoms with Crippen molar-refractivity contribution >= 4 is 44.9 Å². The first kappa shape index (κ1) is 17.2. The number of nitrogens with one attached hydrogen (secondary N) is 3. The molecular formula is C20H22N6O. The second-order valence-corrected chi connectivity index (χ2v) is 6.64. The van der Waals surface area contributed by atoms with E-state index in [1.807, 2.05) is 29.6 Å². The summed E-state index contributed by atoms with van der Waals surface area (Å²) in [5, 5.41) is 15.3. The Bertz CT molecular complexity index is 1200. The van der Waals surface area contributed by atoms with E-state index >= 15 is 0 Å². The minimum atomic E-state index is -0.118. The van der Waals surface area contributed by atoms with Crippen molar-refractivity contribution in [2.75, 3.05) is 31.2 Å². The van der Waals surface area contributed by atoms with Crippen molar-refractivity contribution in [2.45, 2.75) is 12.8 Å². The third-order valence-corrected chi connectivity index (χ3v) is 4.99. The quantitative estimate of drug-likeness (QED) is 0.175. The smallest absolute Gasteiger partial charge is 0.200 e. The number of unbranched alkanes of at least 4 members (excludes halogenated alkanes) is 1. The number of pyridine rings is 1. The van der Waals surface area contributed by atoms with Crippen molar-refractivity contribution in [1.29, 1.82) is 5.41 Å². The molecule has 0 spiro atoms. The molecule has 0 saturated carbocycles. The SMILES string of the molecule is CNCCCCNc1ccc2ncn3c4ccc(N)c(C=N)c4c(=O)c1c23. The summed E-state index contributed by atoms with van der Waals surface area (Å²) in [4.78, 5) is 17.9. The van der Waals surface area contributed by atoms with Crippen LogP contribution in [0.2, 0.25) is 0 Å². The zero-order valence-electron chi connectivity index (χ0n) is 15.2. The zero-order chi connectivity index (χ0) is 19.0. The van der Waals surface area contributed by atoms with Gasteiger partial charge >= 0.3 is 0 Å². The molecule has 0 fully saturated rings. The lowest BCUT2D eigenvalue weighted by Crippen LogP contribution is -2.14. The van der Waals surface area contributed by atoms with Crippen molar-refractivity contribution in [3.05, 3.63) is 46.4 Å². The first-order valence-corrected chi connectivity index (χ1v) is 9.04. The molecular weight excluding hydrogens is 340 g/mol. The van der Waals surface area contributed by atoms with Crippen molar-refractivity contribution in [3.8, 4) is 0 Å². The van der Waals surface area contributed by atoms with Crippen LogP contribution in [-0.4, -0.2) is 35.7 Å². The van der Waals surface area contributed by atoms with E-state index in [1.54, 1.807) is 12.4 Å². The monoisotopic (exact) mass is 362 g/mol. The molecule has 138 valence electrons. The van der Waals surface area contributed by atoms with Gasteiger partial charge in [0.1, 0.15) is 6.33 Å². The standard InChI is InChI=1S/C20H22N6O/c1-23-8-2-3-9-24-14-5-6-15-19-18(14)20(27)17-12(10-21)13(22)4-7-16(17)26(19)11-25-15/h4-7,10-11,21,23-24H,2-3,8-9,22H2,1H3. The lowest BCUT2D eigenvalue weighted by atomic mass is 10.0. The highest BCUT2D eigenvalue weighted by Crippen LogP contribution is 2.30. The van der Waals surface area contributed by atoms with Crippen LogP contribution in [-0.2, 0) is 0 Å². The average Bonchev–Trinajstić information content (AvgIpc) is 3.10. The Hall–Kier alpha value is -3.19. The van der Waals surface area contributed by atoms with Crippen LogP contribution < -0.4 is 21.8 Å². The van der Waals surface area contributed by atoms with Gasteiger partial charge in [0.25, 0.3) is 0 Å². The second kappa shape index (κ2) is 6.85. The number of hydrogen-bond donors (Lipinski definition) is 4. The number of rotatable bonds is 7. The van der Waals surface area contributed by atoms with E-state index in [0.717, 1.165) is 48.9 Å². The van der Waals surface area contributed by atoms with Crippen LogP contribution in [0.4, 0.5) is 11.4 Å². The Labute approximate surface area is 156 Å². The molecule has 0 atom stereocenters. The molecule has 2 aromatic carbocycles. The van der Waals surface area contributed by atoms with Crippen molar-refractivity contribution in [2.24, 2.45) is 0 Å². The predicted molar refractivity (Wildman–Crippen MR) is 112 cm³/mol. The van der Waals surface area contributed by atoms with E-state index in [1.165, 1.54) is 0 Å². The summed E-state index contributed by atoms with van der Waals surface area (Å²) >= 11 is 0. The van der Waals surface area contributed by atoms with Gasteiger partial charge in [-0.15, -0.1) is 0 Å². The van der Waals surface area contributed by atoms with E-state index in [2.05, 4.69) is 15.6 Å². The lowest BCUT2D eigenvalue weighted by Gasteiger charge is -2.13. The topological polar surface area (TPSA) is 108 Å². The molecule has 0 aliphatic carbocycles. The molecule has 0 radical (unpaired) electrons. The van der Waals surface area contributed by atoms with Crippen LogP contribution in [0.1, 0.15) is 18.4 Å². The maximum Gasteiger partial charge on any atom is 0.200 e. The molecule has 2 aromatic heterocycles. The molecule has 0 amide bonds. The summed E-state index contributed by atoms with van der Waals surface area (Å²) < 4.78 is 1.92. The number of imidazole rings is 1. The van der Waals surface area contributed by atoms with Gasteiger partial charge in [-0.1, -0.05) is 0 Å². The van der Waals surface area contributed by atoms with Crippen LogP contribution in [0.25, 0.3) is 27.3 Å². The third kappa shape index (κ3) is 2.67. The number of aromatic nitrogens is 2. The highest BCUT2D eigenvalue weighted by atomic mass is 16.1. The molecule has 0 aliphatic heterocycles. The summed E-state index contributed by atoms with van der Waals surface area (Å²) in [6.07, 6.45) is 4.93. The maximum atomic E-state index is 13.4. The molecule has 7 heteroatoms. The van der Waals surface area contributed by atoms with Gasteiger partial charge in [0, 0.05) is 29.7 Å². The fourth-order valence-electron chi connectivity index (χ4n) is 3.66. The van der Waals surface area contributed by atoms with Gasteiger partial charge < -0.3 is 21.8 Å². The van der Waals surface area contributed by atoms with Crippen LogP contribution in [0.5, 0.6) is 0 Å². The normalized spacial score (nSPS) is 11.6. The highest BCUT2D eigenvalue weighted by Gasteiger charge is 2.18. The van der Waals surface area contributed by atoms with Crippen LogP contribution in [0.15, 0.2) is 35.4 Å². The van der Waals surface area contributed by atoms with Crippen LogP contribution in [0, 0.1) is 5.41 Å². The number of nitrogens with two attached hydrogens (primary N) is 1. The largest absolute Gasteiger partial charge is 0.398 e. The molecule has 0 bridgehead atoms. The number of fused-ring (bicyclic) bond motifs is 2. The Morgan fingerprint density at radius 2 is 2.00 bits per heavy atom. The fraction of sp³-hybridized carbons (Fsp3) is 0.250. The Kier molecular flexibility index (Phi) is 4.37. The molecule has 0 aliphatic rings. The van der Waals surface area contributed by atoms with Gasteiger partial charge in [0.05, 0.1) is 27.3 Å². The molecule has 4 rings (SSSR count). The van der Waals surface area contributed by atoms with Crippen molar-refractivity contribution < 1.29 is 0 Å². The van der Waals surface area contributed by atoms with Gasteiger partial charge in [-0.2, -0.15) is 0 Å². The van der Waals surface area contributed by atoms with Gasteiger partial charge in [-0.05, 0) is 50.7 Å². The predicted octanol–water partition coefficient (Wildman–Crippen LogP) is 2.43. The first-order chi connectivity index (χ1) is 13.2. The fourth-order valence-corrected chi connectivity index (χ4v) is 3.66. The average molecular weight is 362 g/mol. The molecule has 2 heterocycles. The van der Waals surface area contributed by atoms with Crippen LogP contribution in [0.3, 0.4) is 0 Å². The summed E-state index contributed by atoms with van der Waals surface area (Å²) in [7, 11) is 1.94. The summed E-state index contributed by atoms with van der Waals surface area (Å²) in [5.41, 5.74) is 9.87. The van der Waals surface area contributed by atoms with E-state index in [-0.39, 0.29) is 5.43 Å². The Balaban J connectivity index is 1.95. The Morgan fingerprint density at radius 1 is 1.19 bits per heavy atom. The van der Waals surface area contributed by atoms with Gasteiger partial charge in [0.2, 0.25) is 0 Å². The highest BCUT2D eigenvalue weighted by molar-refractivity contribution is 6.11. The molecule has 27 heavy (non-hydrogen) atoms. The van der Waals surface area contributed by atoms with E-state index in [9.17, 15) is 4.79 Å². The minimum Gasteiger partial charge on any atom is -0.398 e. The summed E-state index contributed by atoms with van der Waals surface area (Å²) in [6.45, 7) is 1.75. The molecule has 0 saturated heterocycles. The van der Waals surface area contributed by atoms with E-state index in [4.69, 9.17) is 11.1 Å². The maximum absolute atomic E-state index is 13.4. The molecule has 5 N–H and O–H groups in total. The van der Waals surface area contributed by atoms with Gasteiger partial charge in [0.15, 0.2) is 5.43 Å². The minimum absolute atomic E-state index is 0.118. The number of nitrogen functional groups attached to an aromatic ring is 1. The number of nitrogens with zero attached hydrogens (tertiary/aromatic N) is 2. The van der Waals surface area contributed by atoms with Crippen LogP contribution >= 0.6 is 0 Å². The van der Waals surface area contributed by atoms with E-state index < -0.39 is 0 Å². The third-order valence-electron chi connectivity index (χ3n) is 4.99. The second-order valence-electron chi connectivity index (χ2n) is 6.64. The molecule has 7 nitrogen and oxygen atoms in total. The first-order valence-electron chi connectivity index (χ1n) is 9.04. The van der Waals surface area contributed by atoms with Gasteiger partial charge in [-0.25, -0.2) is 4.98 Å². The molecule has 4 aromatic rings. The zero-order valence-corrected chi connectivity index (χ0v) is 15.2. The number of benzene rings is 2.